The number of carbonyl (C=O) groups is 1. The standard InChI is InChI=1S/C34H39N3O12/c1-35-12-16-9-22(44-3)27(45-4)28-24(16)20-14-46-21-11-18(10-19(25(21)26(20)48-28)15-6-5-7-17(38)8-15)47-30-29(39)34(43)31(40)33(49-30,32(41)42)23(36-2)13-37-34/h5-11,20,23,26,29-31,35-40,43H,12-14H2,1-4H3,(H,41,42)/t20-,23-,26+,29-,30+,31+,33-,34+/m0/s1. The SMILES string of the molecule is CNCc1cc(OC)c(OC)c2c1[C@@H]1COc3cc(O[C@@H]4O[C@@]5(C(=O)O)[C@@H](NC)CN[C@@](O)([C@H]4O)[C@@H]5O)cc(-c4cccc(O)c4)c3[C@@H]1O2. The topological polar surface area (TPSA) is 210 Å². The van der Waals surface area contributed by atoms with Crippen LogP contribution >= 0.6 is 0 Å². The number of piperidine rings is 1. The Morgan fingerprint density at radius 3 is 2.57 bits per heavy atom. The molecule has 2 saturated heterocycles. The average molecular weight is 682 g/mol. The molecule has 4 heterocycles. The number of phenols is 1. The zero-order valence-electron chi connectivity index (χ0n) is 27.2. The third kappa shape index (κ3) is 4.87. The molecule has 0 amide bonds. The summed E-state index contributed by atoms with van der Waals surface area (Å²) in [6, 6.07) is 10.7. The Hall–Kier alpha value is -4.35. The van der Waals surface area contributed by atoms with Gasteiger partial charge in [0.2, 0.25) is 17.6 Å². The molecule has 2 bridgehead atoms. The number of aliphatic hydroxyl groups is 3. The van der Waals surface area contributed by atoms with Gasteiger partial charge in [0, 0.05) is 30.3 Å². The maximum atomic E-state index is 12.6. The van der Waals surface area contributed by atoms with Crippen molar-refractivity contribution >= 4 is 5.97 Å². The van der Waals surface area contributed by atoms with Crippen LogP contribution in [0.4, 0.5) is 0 Å². The van der Waals surface area contributed by atoms with Gasteiger partial charge in [-0.25, -0.2) is 4.79 Å². The van der Waals surface area contributed by atoms with E-state index in [1.54, 1.807) is 44.6 Å². The Labute approximate surface area is 281 Å². The minimum Gasteiger partial charge on any atom is -0.508 e. The number of hydrogen-bond donors (Lipinski definition) is 8. The summed E-state index contributed by atoms with van der Waals surface area (Å²) in [7, 11) is 6.44. The summed E-state index contributed by atoms with van der Waals surface area (Å²) in [6.45, 7) is 0.608. The molecule has 8 atom stereocenters. The average Bonchev–Trinajstić information content (AvgIpc) is 3.48. The fraction of sp³-hybridized carbons (Fsp3) is 0.441. The number of aliphatic hydroxyl groups excluding tert-OH is 2. The van der Waals surface area contributed by atoms with Crippen molar-refractivity contribution in [2.45, 2.75) is 54.4 Å². The van der Waals surface area contributed by atoms with Crippen LogP contribution in [0.15, 0.2) is 42.5 Å². The first-order chi connectivity index (χ1) is 23.5. The van der Waals surface area contributed by atoms with Crippen molar-refractivity contribution < 1.29 is 58.7 Å². The Morgan fingerprint density at radius 1 is 1.10 bits per heavy atom. The zero-order valence-corrected chi connectivity index (χ0v) is 27.2. The second kappa shape index (κ2) is 12.2. The van der Waals surface area contributed by atoms with Gasteiger partial charge in [0.15, 0.2) is 23.3 Å². The van der Waals surface area contributed by atoms with Gasteiger partial charge in [0.25, 0.3) is 0 Å². The number of nitrogens with one attached hydrogen (secondary N) is 3. The van der Waals surface area contributed by atoms with Crippen molar-refractivity contribution in [2.24, 2.45) is 0 Å². The summed E-state index contributed by atoms with van der Waals surface area (Å²) in [5.41, 5.74) is -1.21. The van der Waals surface area contributed by atoms with E-state index in [-0.39, 0.29) is 30.6 Å². The smallest absolute Gasteiger partial charge is 0.340 e. The highest BCUT2D eigenvalue weighted by atomic mass is 16.7. The molecular formula is C34H39N3O12. The number of likely N-dealkylation sites (N-methyl/N-ethyl adjacent to an activating group) is 1. The highest BCUT2D eigenvalue weighted by molar-refractivity contribution is 5.81. The summed E-state index contributed by atoms with van der Waals surface area (Å²) in [6.07, 6.45) is -6.30. The maximum Gasteiger partial charge on any atom is 0.340 e. The van der Waals surface area contributed by atoms with E-state index in [9.17, 15) is 30.3 Å². The van der Waals surface area contributed by atoms with Gasteiger partial charge in [-0.05, 0) is 55.1 Å². The zero-order chi connectivity index (χ0) is 34.8. The first-order valence-electron chi connectivity index (χ1n) is 15.8. The van der Waals surface area contributed by atoms with Crippen LogP contribution in [0.1, 0.15) is 28.7 Å². The largest absolute Gasteiger partial charge is 0.508 e. The summed E-state index contributed by atoms with van der Waals surface area (Å²) in [5, 5.41) is 63.0. The van der Waals surface area contributed by atoms with Gasteiger partial charge < -0.3 is 64.6 Å². The number of hydrogen-bond acceptors (Lipinski definition) is 14. The number of rotatable bonds is 9. The first kappa shape index (κ1) is 33.2. The summed E-state index contributed by atoms with van der Waals surface area (Å²) < 4.78 is 36.5. The van der Waals surface area contributed by atoms with Crippen molar-refractivity contribution in [1.29, 1.82) is 0 Å². The Balaban J connectivity index is 1.33. The van der Waals surface area contributed by atoms with E-state index in [1.807, 2.05) is 13.1 Å². The third-order valence-electron chi connectivity index (χ3n) is 9.96. The molecule has 4 aliphatic rings. The highest BCUT2D eigenvalue weighted by Gasteiger charge is 2.71. The quantitative estimate of drug-likeness (QED) is 0.155. The minimum atomic E-state index is -2.48. The molecule has 7 rings (SSSR count). The maximum absolute atomic E-state index is 12.6. The molecule has 15 nitrogen and oxygen atoms in total. The number of methoxy groups -OCH3 is 2. The molecule has 0 aromatic heterocycles. The van der Waals surface area contributed by atoms with Crippen LogP contribution in [0.5, 0.6) is 34.5 Å². The second-order valence-electron chi connectivity index (χ2n) is 12.5. The van der Waals surface area contributed by atoms with Crippen LogP contribution in [-0.4, -0.2) is 109 Å². The lowest BCUT2D eigenvalue weighted by atomic mass is 9.74. The van der Waals surface area contributed by atoms with E-state index in [0.29, 0.717) is 46.2 Å². The number of ether oxygens (including phenoxy) is 6. The summed E-state index contributed by atoms with van der Waals surface area (Å²) >= 11 is 0. The van der Waals surface area contributed by atoms with Crippen LogP contribution in [-0.2, 0) is 16.1 Å². The molecule has 4 aliphatic heterocycles. The predicted molar refractivity (Wildman–Crippen MR) is 171 cm³/mol. The molecule has 0 saturated carbocycles. The monoisotopic (exact) mass is 681 g/mol. The molecule has 0 aliphatic carbocycles. The minimum absolute atomic E-state index is 0.00633. The van der Waals surface area contributed by atoms with E-state index in [4.69, 9.17) is 28.4 Å². The van der Waals surface area contributed by atoms with Crippen LogP contribution in [0.3, 0.4) is 0 Å². The van der Waals surface area contributed by atoms with Gasteiger partial charge in [-0.1, -0.05) is 12.1 Å². The molecule has 0 radical (unpaired) electrons. The van der Waals surface area contributed by atoms with Gasteiger partial charge in [-0.15, -0.1) is 0 Å². The fourth-order valence-corrected chi connectivity index (χ4v) is 7.62. The van der Waals surface area contributed by atoms with Gasteiger partial charge in [0.05, 0.1) is 32.8 Å². The van der Waals surface area contributed by atoms with Gasteiger partial charge in [-0.3, -0.25) is 5.32 Å². The van der Waals surface area contributed by atoms with E-state index in [1.165, 1.54) is 13.1 Å². The Bertz CT molecular complexity index is 1790. The number of carboxylic acid groups (broad SMARTS) is 1. The van der Waals surface area contributed by atoms with Crippen molar-refractivity contribution in [3.8, 4) is 45.6 Å². The van der Waals surface area contributed by atoms with E-state index in [0.717, 1.165) is 11.1 Å². The number of aliphatic carboxylic acids is 1. The molecule has 262 valence electrons. The lowest BCUT2D eigenvalue weighted by molar-refractivity contribution is -0.362. The van der Waals surface area contributed by atoms with Crippen molar-refractivity contribution in [3.63, 3.8) is 0 Å². The highest BCUT2D eigenvalue weighted by Crippen LogP contribution is 2.59. The van der Waals surface area contributed by atoms with Gasteiger partial charge in [0.1, 0.15) is 29.5 Å². The Morgan fingerprint density at radius 2 is 1.90 bits per heavy atom. The van der Waals surface area contributed by atoms with Crippen LogP contribution in [0.2, 0.25) is 0 Å². The lowest BCUT2D eigenvalue weighted by Crippen LogP contribution is -2.87. The van der Waals surface area contributed by atoms with E-state index < -0.39 is 47.9 Å². The molecule has 2 fully saturated rings. The second-order valence-corrected chi connectivity index (χ2v) is 12.5. The van der Waals surface area contributed by atoms with Crippen molar-refractivity contribution in [3.05, 3.63) is 59.2 Å². The summed E-state index contributed by atoms with van der Waals surface area (Å²) in [4.78, 5) is 12.6. The molecule has 49 heavy (non-hydrogen) atoms. The molecule has 8 N–H and O–H groups in total. The fourth-order valence-electron chi connectivity index (χ4n) is 7.62. The lowest BCUT2D eigenvalue weighted by Gasteiger charge is -2.58. The molecule has 3 aromatic rings. The van der Waals surface area contributed by atoms with Crippen LogP contribution in [0.25, 0.3) is 11.1 Å². The number of aromatic hydroxyl groups is 1. The van der Waals surface area contributed by atoms with Crippen molar-refractivity contribution in [2.75, 3.05) is 41.5 Å². The van der Waals surface area contributed by atoms with Crippen LogP contribution in [0, 0.1) is 0 Å². The number of phenolic OH excluding ortho intramolecular Hbond substituents is 1. The number of carboxylic acids is 1. The normalized spacial score (nSPS) is 31.0. The molecular weight excluding hydrogens is 642 g/mol. The van der Waals surface area contributed by atoms with Gasteiger partial charge >= 0.3 is 5.97 Å². The summed E-state index contributed by atoms with van der Waals surface area (Å²) in [5.74, 6) is 0.145. The number of benzene rings is 3. The third-order valence-corrected chi connectivity index (χ3v) is 9.96. The van der Waals surface area contributed by atoms with Crippen molar-refractivity contribution in [1.82, 2.24) is 16.0 Å². The molecule has 3 aromatic carbocycles. The van der Waals surface area contributed by atoms with Gasteiger partial charge in [-0.2, -0.15) is 0 Å². The molecule has 0 unspecified atom stereocenters. The molecule has 15 heteroatoms. The first-order valence-corrected chi connectivity index (χ1v) is 15.8. The molecule has 0 spiro atoms. The van der Waals surface area contributed by atoms with E-state index in [2.05, 4.69) is 16.0 Å². The Kier molecular flexibility index (Phi) is 8.26. The van der Waals surface area contributed by atoms with E-state index >= 15 is 0 Å². The predicted octanol–water partition coefficient (Wildman–Crippen LogP) is 0.566. The van der Waals surface area contributed by atoms with Crippen LogP contribution < -0.4 is 39.6 Å². The number of fused-ring (bicyclic) bond motifs is 7.